The van der Waals surface area contributed by atoms with Crippen LogP contribution in [0.3, 0.4) is 0 Å². The highest BCUT2D eigenvalue weighted by Crippen LogP contribution is 2.40. The Balaban J connectivity index is 1.72. The van der Waals surface area contributed by atoms with Gasteiger partial charge in [0.2, 0.25) is 5.43 Å². The van der Waals surface area contributed by atoms with Crippen LogP contribution < -0.4 is 10.7 Å². The van der Waals surface area contributed by atoms with Gasteiger partial charge in [-0.3, -0.25) is 14.4 Å². The molecule has 4 rings (SSSR count). The van der Waals surface area contributed by atoms with Gasteiger partial charge in [-0.15, -0.1) is 0 Å². The van der Waals surface area contributed by atoms with E-state index in [9.17, 15) is 28.3 Å². The number of hydrogen-bond acceptors (Lipinski definition) is 4. The number of carbonyl (C=O) groups is 2. The number of hydrogen-bond donors (Lipinski definition) is 2. The van der Waals surface area contributed by atoms with Crippen LogP contribution in [0.15, 0.2) is 23.1 Å². The molecular weight excluding hydrogens is 427 g/mol. The molecule has 10 heteroatoms. The van der Waals surface area contributed by atoms with E-state index in [1.165, 1.54) is 18.7 Å². The molecule has 2 atom stereocenters. The summed E-state index contributed by atoms with van der Waals surface area (Å²) in [4.78, 5) is 39.5. The summed E-state index contributed by atoms with van der Waals surface area (Å²) in [6, 6.07) is 1.30. The van der Waals surface area contributed by atoms with Crippen LogP contribution in [0.5, 0.6) is 5.75 Å². The number of benzene rings is 1. The maximum atomic E-state index is 15.4. The summed E-state index contributed by atoms with van der Waals surface area (Å²) in [5.74, 6) is -4.30. The number of amides is 2. The van der Waals surface area contributed by atoms with Crippen molar-refractivity contribution in [1.82, 2.24) is 14.8 Å². The second-order valence-electron chi connectivity index (χ2n) is 8.51. The van der Waals surface area contributed by atoms with Crippen LogP contribution in [0.2, 0.25) is 0 Å². The molecule has 1 fully saturated rings. The number of nitrogens with one attached hydrogen (secondary N) is 1. The maximum Gasteiger partial charge on any atom is 0.274 e. The zero-order chi connectivity index (χ0) is 23.4. The number of carbonyl (C=O) groups excluding carboxylic acids is 2. The van der Waals surface area contributed by atoms with E-state index in [4.69, 9.17) is 0 Å². The molecule has 0 spiro atoms. The molecule has 170 valence electrons. The molecule has 2 amide bonds. The molecule has 1 aromatic carbocycles. The van der Waals surface area contributed by atoms with Crippen molar-refractivity contribution in [3.8, 4) is 5.75 Å². The van der Waals surface area contributed by atoms with Gasteiger partial charge in [0.05, 0.1) is 6.04 Å². The van der Waals surface area contributed by atoms with Crippen molar-refractivity contribution in [2.45, 2.75) is 44.9 Å². The Bertz CT molecular complexity index is 1170. The van der Waals surface area contributed by atoms with Gasteiger partial charge >= 0.3 is 0 Å². The van der Waals surface area contributed by atoms with Gasteiger partial charge in [0.15, 0.2) is 11.4 Å². The van der Waals surface area contributed by atoms with Gasteiger partial charge in [-0.05, 0) is 44.4 Å². The fourth-order valence-corrected chi connectivity index (χ4v) is 4.39. The molecule has 2 aliphatic heterocycles. The van der Waals surface area contributed by atoms with Crippen molar-refractivity contribution in [2.24, 2.45) is 0 Å². The highest BCUT2D eigenvalue weighted by molar-refractivity contribution is 5.99. The largest absolute Gasteiger partial charge is 0.503 e. The molecule has 1 saturated heterocycles. The lowest BCUT2D eigenvalue weighted by Gasteiger charge is -2.38. The first-order valence-electron chi connectivity index (χ1n) is 10.2. The van der Waals surface area contributed by atoms with E-state index in [2.05, 4.69) is 5.32 Å². The number of aryl methyl sites for hydroxylation is 1. The second kappa shape index (κ2) is 7.68. The van der Waals surface area contributed by atoms with Gasteiger partial charge in [-0.1, -0.05) is 0 Å². The summed E-state index contributed by atoms with van der Waals surface area (Å²) in [5.41, 5.74) is -3.83. The van der Waals surface area contributed by atoms with E-state index in [0.29, 0.717) is 18.5 Å². The van der Waals surface area contributed by atoms with Gasteiger partial charge in [-0.2, -0.15) is 0 Å². The lowest BCUT2D eigenvalue weighted by molar-refractivity contribution is 0.0520. The van der Waals surface area contributed by atoms with Crippen LogP contribution in [0.4, 0.5) is 13.2 Å². The number of aromatic nitrogens is 1. The Morgan fingerprint density at radius 3 is 2.59 bits per heavy atom. The smallest absolute Gasteiger partial charge is 0.274 e. The average Bonchev–Trinajstić information content (AvgIpc) is 2.84. The van der Waals surface area contributed by atoms with E-state index in [1.807, 2.05) is 0 Å². The molecule has 2 aliphatic rings. The van der Waals surface area contributed by atoms with Crippen LogP contribution in [-0.4, -0.2) is 45.1 Å². The van der Waals surface area contributed by atoms with Crippen molar-refractivity contribution < 1.29 is 27.9 Å². The number of pyridine rings is 1. The number of alkyl halides is 1. The third-order valence-corrected chi connectivity index (χ3v) is 6.17. The van der Waals surface area contributed by atoms with Crippen LogP contribution in [0.1, 0.15) is 57.8 Å². The van der Waals surface area contributed by atoms with Gasteiger partial charge in [0.25, 0.3) is 11.8 Å². The summed E-state index contributed by atoms with van der Waals surface area (Å²) in [6.45, 7) is 2.66. The zero-order valence-corrected chi connectivity index (χ0v) is 17.5. The summed E-state index contributed by atoms with van der Waals surface area (Å²) < 4.78 is 44.6. The number of aromatic hydroxyl groups is 1. The Hall–Kier alpha value is -3.30. The first kappa shape index (κ1) is 21.9. The topological polar surface area (TPSA) is 91.6 Å². The third kappa shape index (κ3) is 3.53. The van der Waals surface area contributed by atoms with Crippen LogP contribution >= 0.6 is 0 Å². The Morgan fingerprint density at radius 2 is 1.94 bits per heavy atom. The molecular formula is C22H22F3N3O4. The molecule has 0 unspecified atom stereocenters. The van der Waals surface area contributed by atoms with E-state index >= 15 is 4.39 Å². The highest BCUT2D eigenvalue weighted by atomic mass is 19.1. The predicted molar refractivity (Wildman–Crippen MR) is 108 cm³/mol. The molecule has 1 aromatic heterocycles. The van der Waals surface area contributed by atoms with Gasteiger partial charge < -0.3 is 19.9 Å². The molecule has 3 heterocycles. The van der Waals surface area contributed by atoms with Crippen LogP contribution in [0, 0.1) is 18.6 Å². The number of fused-ring (bicyclic) bond motifs is 4. The van der Waals surface area contributed by atoms with E-state index in [1.54, 1.807) is 0 Å². The summed E-state index contributed by atoms with van der Waals surface area (Å²) in [7, 11) is 0. The van der Waals surface area contributed by atoms with E-state index in [0.717, 1.165) is 22.9 Å². The minimum atomic E-state index is -1.76. The molecule has 2 aromatic rings. The Kier molecular flexibility index (Phi) is 5.26. The molecule has 0 radical (unpaired) electrons. The molecule has 0 saturated carbocycles. The third-order valence-electron chi connectivity index (χ3n) is 6.17. The van der Waals surface area contributed by atoms with Gasteiger partial charge in [0, 0.05) is 31.4 Å². The summed E-state index contributed by atoms with van der Waals surface area (Å²) in [6.07, 6.45) is 1.61. The van der Waals surface area contributed by atoms with Crippen molar-refractivity contribution in [3.63, 3.8) is 0 Å². The summed E-state index contributed by atoms with van der Waals surface area (Å²) in [5, 5.41) is 12.7. The maximum absolute atomic E-state index is 15.4. The first-order valence-corrected chi connectivity index (χ1v) is 10.2. The van der Waals surface area contributed by atoms with Crippen LogP contribution in [-0.2, 0) is 6.54 Å². The zero-order valence-electron chi connectivity index (χ0n) is 17.5. The quantitative estimate of drug-likeness (QED) is 0.754. The molecule has 32 heavy (non-hydrogen) atoms. The van der Waals surface area contributed by atoms with Crippen molar-refractivity contribution in [2.75, 3.05) is 13.1 Å². The SMILES string of the molecule is Cc1cc(F)c(CNC(=O)c2cn3c(c(O)c2=O)C(=O)N2CCC[C@@](C)(F)[C@@H]3C2)c(F)c1. The molecule has 7 nitrogen and oxygen atoms in total. The minimum Gasteiger partial charge on any atom is -0.503 e. The Morgan fingerprint density at radius 1 is 1.28 bits per heavy atom. The fraction of sp³-hybridized carbons (Fsp3) is 0.409. The van der Waals surface area contributed by atoms with Crippen molar-refractivity contribution in [3.05, 3.63) is 62.6 Å². The summed E-state index contributed by atoms with van der Waals surface area (Å²) >= 11 is 0. The molecule has 2 bridgehead atoms. The highest BCUT2D eigenvalue weighted by Gasteiger charge is 2.46. The second-order valence-corrected chi connectivity index (χ2v) is 8.51. The minimum absolute atomic E-state index is 0.0298. The van der Waals surface area contributed by atoms with Gasteiger partial charge in [0.1, 0.15) is 22.9 Å². The van der Waals surface area contributed by atoms with Crippen molar-refractivity contribution >= 4 is 11.8 Å². The fourth-order valence-electron chi connectivity index (χ4n) is 4.39. The Labute approximate surface area is 181 Å². The lowest BCUT2D eigenvalue weighted by Crippen LogP contribution is -2.48. The standard InChI is InChI=1S/C22H22F3N3O4/c1-11-6-14(23)12(15(24)7-11)8-26-20(31)13-9-28-16-10-27(5-3-4-22(16,2)25)21(32)17(28)19(30)18(13)29/h6-7,9,16,30H,3-5,8,10H2,1-2H3,(H,26,31)/t16-,22+/m0/s1. The normalized spacial score (nSPS) is 22.3. The monoisotopic (exact) mass is 449 g/mol. The lowest BCUT2D eigenvalue weighted by atomic mass is 9.92. The number of nitrogens with zero attached hydrogens (tertiary/aromatic N) is 2. The first-order chi connectivity index (χ1) is 15.0. The van der Waals surface area contributed by atoms with E-state index in [-0.39, 0.29) is 18.7 Å². The molecule has 0 aliphatic carbocycles. The number of rotatable bonds is 3. The van der Waals surface area contributed by atoms with E-state index < -0.39 is 64.0 Å². The van der Waals surface area contributed by atoms with Gasteiger partial charge in [-0.25, -0.2) is 13.2 Å². The predicted octanol–water partition coefficient (Wildman–Crippen LogP) is 2.59. The van der Waals surface area contributed by atoms with Crippen molar-refractivity contribution in [1.29, 1.82) is 0 Å². The molecule has 2 N–H and O–H groups in total. The number of halogens is 3. The average molecular weight is 449 g/mol. The van der Waals surface area contributed by atoms with Crippen LogP contribution in [0.25, 0.3) is 0 Å².